The number of benzene rings is 12. The lowest BCUT2D eigenvalue weighted by Gasteiger charge is -2.21. The molecule has 0 aliphatic carbocycles. The number of pyridine rings is 1. The molecule has 438 valence electrons. The molecule has 21 aromatic rings. The first kappa shape index (κ1) is 52.8. The molecule has 0 saturated carbocycles. The molecule has 0 amide bonds. The van der Waals surface area contributed by atoms with Crippen LogP contribution in [0.15, 0.2) is 285 Å². The van der Waals surface area contributed by atoms with Crippen molar-refractivity contribution in [2.45, 2.75) is 19.6 Å². The normalized spacial score (nSPS) is 12.6. The Morgan fingerprint density at radius 1 is 0.330 bits per heavy atom. The molecule has 0 atom stereocenters. The van der Waals surface area contributed by atoms with Gasteiger partial charge in [0.05, 0.1) is 38.0 Å². The molecule has 0 unspecified atom stereocenters. The summed E-state index contributed by atoms with van der Waals surface area (Å²) in [6, 6.07) is 88.5. The van der Waals surface area contributed by atoms with E-state index in [0.717, 1.165) is 76.7 Å². The van der Waals surface area contributed by atoms with Gasteiger partial charge in [-0.3, -0.25) is 14.1 Å². The van der Waals surface area contributed by atoms with Crippen molar-refractivity contribution in [1.82, 2.24) is 34.1 Å². The molecule has 1 aliphatic heterocycles. The molecule has 0 saturated heterocycles. The summed E-state index contributed by atoms with van der Waals surface area (Å²) < 4.78 is 18.8. The summed E-state index contributed by atoms with van der Waals surface area (Å²) in [6.45, 7) is 0. The van der Waals surface area contributed by atoms with Gasteiger partial charge in [-0.25, -0.2) is 19.9 Å². The highest BCUT2D eigenvalue weighted by atomic mass is 32.2. The first-order valence-electron chi connectivity index (χ1n) is 31.0. The third-order valence-corrected chi connectivity index (χ3v) is 24.7. The van der Waals surface area contributed by atoms with Gasteiger partial charge in [0.15, 0.2) is 5.58 Å². The molecule has 0 N–H and O–H groups in total. The summed E-state index contributed by atoms with van der Waals surface area (Å²) in [5.74, 6) is 1.30. The second kappa shape index (κ2) is 20.4. The van der Waals surface area contributed by atoms with Gasteiger partial charge in [-0.05, 0) is 72.8 Å². The zero-order valence-electron chi connectivity index (χ0n) is 49.4. The lowest BCUT2D eigenvalue weighted by atomic mass is 10.00. The average molecular weight is 1290 g/mol. The number of hydrogen-bond acceptors (Lipinski definition) is 11. The second-order valence-corrected chi connectivity index (χ2v) is 29.0. The van der Waals surface area contributed by atoms with Crippen molar-refractivity contribution in [3.05, 3.63) is 261 Å². The van der Waals surface area contributed by atoms with Gasteiger partial charge in [0.2, 0.25) is 11.9 Å². The molecule has 1 aliphatic rings. The van der Waals surface area contributed by atoms with Crippen LogP contribution in [-0.4, -0.2) is 34.1 Å². The van der Waals surface area contributed by atoms with Crippen molar-refractivity contribution in [3.8, 4) is 34.4 Å². The number of aromatic nitrogens is 7. The fourth-order valence-electron chi connectivity index (χ4n) is 14.6. The number of fused-ring (bicyclic) bond motifs is 28. The van der Waals surface area contributed by atoms with Crippen molar-refractivity contribution in [2.24, 2.45) is 0 Å². The summed E-state index contributed by atoms with van der Waals surface area (Å²) >= 11 is 9.11. The molecular weight excluding hydrogens is 1250 g/mol. The molecule has 22 rings (SSSR count). The van der Waals surface area contributed by atoms with Crippen LogP contribution in [0.2, 0.25) is 0 Å². The fourth-order valence-corrected chi connectivity index (χ4v) is 20.7. The standard InChI is InChI=1S/C44H23N3OS3.C37H20N4S2/c1-2-13-25-24(12-1)40-36(37-28-16-5-8-20-32(28)50-43(25)37)26-14-3-6-18-30(26)47(40)44-45-38-27-15-4-7-19-31(27)48-41(38)39(46-44)29-17-11-23-35-42(29)51-34-22-10-9-21-33(34)49-35;1-2-12-23-22(11-1)34-30(31-25-14-4-7-17-28(25)42-35(23)31)24-13-3-6-16-27(24)41(34)37-39-32(21-10-9-19-38-20-21)36-33(40-37)26-15-5-8-18-29(26)43-36/h1-23H;1-20H. The zero-order valence-corrected chi connectivity index (χ0v) is 53.5. The van der Waals surface area contributed by atoms with E-state index in [9.17, 15) is 0 Å². The van der Waals surface area contributed by atoms with Gasteiger partial charge >= 0.3 is 0 Å². The topological polar surface area (TPSA) is 87.5 Å². The molecule has 12 aromatic carbocycles. The lowest BCUT2D eigenvalue weighted by Crippen LogP contribution is -2.04. The first-order valence-corrected chi connectivity index (χ1v) is 35.1. The summed E-state index contributed by atoms with van der Waals surface area (Å²) in [7, 11) is 0. The van der Waals surface area contributed by atoms with E-state index in [0.29, 0.717) is 17.5 Å². The van der Waals surface area contributed by atoms with Gasteiger partial charge in [0.25, 0.3) is 0 Å². The van der Waals surface area contributed by atoms with E-state index in [1.807, 2.05) is 65.0 Å². The van der Waals surface area contributed by atoms with Crippen LogP contribution in [0.3, 0.4) is 0 Å². The summed E-state index contributed by atoms with van der Waals surface area (Å²) in [4.78, 5) is 31.1. The number of rotatable bonds is 4. The minimum Gasteiger partial charge on any atom is -0.452 e. The number of thiophene rings is 3. The van der Waals surface area contributed by atoms with Crippen LogP contribution >= 0.6 is 57.5 Å². The molecule has 0 fully saturated rings. The lowest BCUT2D eigenvalue weighted by molar-refractivity contribution is 0.666. The van der Waals surface area contributed by atoms with Crippen molar-refractivity contribution < 1.29 is 4.42 Å². The van der Waals surface area contributed by atoms with E-state index >= 15 is 0 Å². The van der Waals surface area contributed by atoms with Crippen molar-refractivity contribution in [3.63, 3.8) is 0 Å². The monoisotopic (exact) mass is 1290 g/mol. The Morgan fingerprint density at radius 3 is 1.43 bits per heavy atom. The molecule has 10 heterocycles. The average Bonchev–Trinajstić information content (AvgIpc) is 1.53. The first-order chi connectivity index (χ1) is 46.6. The quantitative estimate of drug-likeness (QED) is 0.172. The summed E-state index contributed by atoms with van der Waals surface area (Å²) in [5, 5.41) is 17.1. The minimum absolute atomic E-state index is 0.630. The Bertz CT molecular complexity index is 6840. The van der Waals surface area contributed by atoms with Gasteiger partial charge in [0, 0.05) is 142 Å². The van der Waals surface area contributed by atoms with Crippen molar-refractivity contribution in [1.29, 1.82) is 0 Å². The van der Waals surface area contributed by atoms with Gasteiger partial charge in [-0.2, -0.15) is 0 Å². The second-order valence-electron chi connectivity index (χ2n) is 23.7. The number of furan rings is 1. The maximum Gasteiger partial charge on any atom is 0.236 e. The largest absolute Gasteiger partial charge is 0.452 e. The Labute approximate surface area is 554 Å². The van der Waals surface area contributed by atoms with E-state index in [1.54, 1.807) is 23.1 Å². The van der Waals surface area contributed by atoms with Crippen molar-refractivity contribution in [2.75, 3.05) is 0 Å². The molecule has 9 aromatic heterocycles. The van der Waals surface area contributed by atoms with Crippen LogP contribution in [0.25, 0.3) is 182 Å². The Kier molecular flexibility index (Phi) is 11.4. The number of hydrogen-bond donors (Lipinski definition) is 0. The minimum atomic E-state index is 0.630. The Balaban J connectivity index is 0.000000128. The van der Waals surface area contributed by atoms with E-state index in [2.05, 4.69) is 245 Å². The molecule has 8 nitrogen and oxygen atoms in total. The fraction of sp³-hybridized carbons (Fsp3) is 0. The maximum atomic E-state index is 6.66. The van der Waals surface area contributed by atoms with E-state index in [1.165, 1.54) is 108 Å². The van der Waals surface area contributed by atoms with Crippen LogP contribution in [0, 0.1) is 0 Å². The Hall–Kier alpha value is -10.8. The van der Waals surface area contributed by atoms with Crippen LogP contribution in [0.5, 0.6) is 0 Å². The van der Waals surface area contributed by atoms with Crippen LogP contribution < -0.4 is 0 Å². The highest BCUT2D eigenvalue weighted by Crippen LogP contribution is 2.54. The molecule has 0 spiro atoms. The highest BCUT2D eigenvalue weighted by molar-refractivity contribution is 8.05. The predicted molar refractivity (Wildman–Crippen MR) is 397 cm³/mol. The molecule has 0 bridgehead atoms. The van der Waals surface area contributed by atoms with Crippen LogP contribution in [0.4, 0.5) is 0 Å². The van der Waals surface area contributed by atoms with E-state index in [-0.39, 0.29) is 0 Å². The van der Waals surface area contributed by atoms with Crippen LogP contribution in [0.1, 0.15) is 0 Å². The van der Waals surface area contributed by atoms with Gasteiger partial charge in [0.1, 0.15) is 16.8 Å². The molecule has 94 heavy (non-hydrogen) atoms. The van der Waals surface area contributed by atoms with Gasteiger partial charge in [-0.15, -0.1) is 34.0 Å². The third-order valence-electron chi connectivity index (χ3n) is 18.6. The maximum absolute atomic E-state index is 6.66. The van der Waals surface area contributed by atoms with E-state index < -0.39 is 0 Å². The smallest absolute Gasteiger partial charge is 0.236 e. The Morgan fingerprint density at radius 2 is 0.809 bits per heavy atom. The SMILES string of the molecule is c1ccc2c(c1)Sc1cccc(-c3nc(-n4c5ccccc5c5c6c7ccccc7sc6c6ccccc6c54)nc4c3oc3ccccc34)c1S2.c1cncc(-c2nc(-n3c4ccccc4c4c5c6ccccc6sc5c5ccccc5c43)nc3c2sc2ccccc23)c1. The molecular formula is C81H43N7OS5. The van der Waals surface area contributed by atoms with Gasteiger partial charge in [-0.1, -0.05) is 199 Å². The van der Waals surface area contributed by atoms with Crippen molar-refractivity contribution >= 4 is 205 Å². The molecule has 0 radical (unpaired) electrons. The highest BCUT2D eigenvalue weighted by Gasteiger charge is 2.30. The molecule has 13 heteroatoms. The predicted octanol–water partition coefficient (Wildman–Crippen LogP) is 23.8. The zero-order chi connectivity index (χ0) is 61.3. The van der Waals surface area contributed by atoms with Gasteiger partial charge < -0.3 is 4.42 Å². The third kappa shape index (κ3) is 7.60. The summed E-state index contributed by atoms with van der Waals surface area (Å²) in [6.07, 6.45) is 3.71. The number of nitrogens with zero attached hydrogens (tertiary/aromatic N) is 7. The van der Waals surface area contributed by atoms with E-state index in [4.69, 9.17) is 24.4 Å². The van der Waals surface area contributed by atoms with Crippen LogP contribution in [-0.2, 0) is 0 Å². The number of para-hydroxylation sites is 3. The summed E-state index contributed by atoms with van der Waals surface area (Å²) in [5.41, 5.74) is 11.5.